The second-order valence-electron chi connectivity index (χ2n) is 6.85. The predicted octanol–water partition coefficient (Wildman–Crippen LogP) is 6.51. The maximum Gasteiger partial charge on any atom is 0.0258 e. The molecular weight excluding hydrogens is 423 g/mol. The Kier molecular flexibility index (Phi) is 4.72. The van der Waals surface area contributed by atoms with E-state index in [1.54, 1.807) is 0 Å². The number of halogens is 1. The Morgan fingerprint density at radius 3 is 1.46 bits per heavy atom. The van der Waals surface area contributed by atoms with E-state index in [1.807, 2.05) is 0 Å². The molecule has 5 aromatic rings. The highest BCUT2D eigenvalue weighted by molar-refractivity contribution is 9.10. The number of hydrogen-bond donors (Lipinski definition) is 0. The van der Waals surface area contributed by atoms with Crippen LogP contribution in [0, 0.1) is 0 Å². The molecule has 0 saturated carbocycles. The zero-order chi connectivity index (χ0) is 18.9. The van der Waals surface area contributed by atoms with Crippen LogP contribution in [0.4, 0.5) is 0 Å². The first kappa shape index (κ1) is 17.6. The zero-order valence-corrected chi connectivity index (χ0v) is 17.7. The summed E-state index contributed by atoms with van der Waals surface area (Å²) >= 11 is 3.81. The van der Waals surface area contributed by atoms with Crippen LogP contribution >= 0.6 is 23.9 Å². The summed E-state index contributed by atoms with van der Waals surface area (Å²) in [5.74, 6) is 0. The van der Waals surface area contributed by atoms with Gasteiger partial charge in [-0.15, -0.1) is 0 Å². The van der Waals surface area contributed by atoms with Gasteiger partial charge in [-0.05, 0) is 63.6 Å². The van der Waals surface area contributed by atoms with Gasteiger partial charge in [0.1, 0.15) is 0 Å². The molecule has 0 saturated heterocycles. The predicted molar refractivity (Wildman–Crippen MR) is 128 cm³/mol. The fourth-order valence-electron chi connectivity index (χ4n) is 3.69. The van der Waals surface area contributed by atoms with E-state index >= 15 is 0 Å². The molecule has 5 rings (SSSR count). The van der Waals surface area contributed by atoms with E-state index < -0.39 is 7.92 Å². The maximum atomic E-state index is 3.81. The van der Waals surface area contributed by atoms with E-state index in [0.29, 0.717) is 0 Å². The Labute approximate surface area is 174 Å². The van der Waals surface area contributed by atoms with E-state index in [0.717, 1.165) is 0 Å². The van der Waals surface area contributed by atoms with Crippen molar-refractivity contribution in [1.29, 1.82) is 0 Å². The van der Waals surface area contributed by atoms with Crippen molar-refractivity contribution in [1.82, 2.24) is 0 Å². The highest BCUT2D eigenvalue weighted by Crippen LogP contribution is 2.37. The molecule has 0 atom stereocenters. The summed E-state index contributed by atoms with van der Waals surface area (Å²) in [5, 5.41) is 9.24. The number of rotatable bonds is 3. The lowest BCUT2D eigenvalue weighted by molar-refractivity contribution is 1.71. The normalized spacial score (nSPS) is 11.4. The molecule has 134 valence electrons. The van der Waals surface area contributed by atoms with Gasteiger partial charge in [0.05, 0.1) is 0 Å². The van der Waals surface area contributed by atoms with E-state index in [9.17, 15) is 0 Å². The van der Waals surface area contributed by atoms with Crippen LogP contribution in [0.1, 0.15) is 0 Å². The molecule has 0 aliphatic carbocycles. The molecule has 0 heterocycles. The fraction of sp³-hybridized carbons (Fsp3) is 0. The largest absolute Gasteiger partial charge is 0.0616 e. The molecule has 0 N–H and O–H groups in total. The molecule has 0 amide bonds. The van der Waals surface area contributed by atoms with Crippen molar-refractivity contribution in [3.63, 3.8) is 0 Å². The molecule has 28 heavy (non-hydrogen) atoms. The van der Waals surface area contributed by atoms with Gasteiger partial charge in [-0.25, -0.2) is 0 Å². The summed E-state index contributed by atoms with van der Waals surface area (Å²) in [5.41, 5.74) is 0. The SMILES string of the molecule is Brc1ccccc1P(c1ccc2ccccc2c1)c1ccc2ccccc2c1. The lowest BCUT2D eigenvalue weighted by Crippen LogP contribution is -2.21. The van der Waals surface area contributed by atoms with Crippen molar-refractivity contribution in [2.75, 3.05) is 0 Å². The lowest BCUT2D eigenvalue weighted by atomic mass is 10.1. The molecular formula is C26H18BrP. The minimum absolute atomic E-state index is 0.660. The monoisotopic (exact) mass is 440 g/mol. The van der Waals surface area contributed by atoms with E-state index in [-0.39, 0.29) is 0 Å². The highest BCUT2D eigenvalue weighted by Gasteiger charge is 2.19. The van der Waals surface area contributed by atoms with E-state index in [2.05, 4.69) is 125 Å². The summed E-state index contributed by atoms with van der Waals surface area (Å²) in [6.45, 7) is 0. The van der Waals surface area contributed by atoms with Gasteiger partial charge in [-0.2, -0.15) is 0 Å². The quantitative estimate of drug-likeness (QED) is 0.280. The number of benzene rings is 5. The van der Waals surface area contributed by atoms with Crippen molar-refractivity contribution in [2.24, 2.45) is 0 Å². The summed E-state index contributed by atoms with van der Waals surface area (Å²) < 4.78 is 1.17. The topological polar surface area (TPSA) is 0 Å². The smallest absolute Gasteiger partial charge is 0.0258 e. The van der Waals surface area contributed by atoms with Crippen LogP contribution in [-0.2, 0) is 0 Å². The minimum atomic E-state index is -0.660. The summed E-state index contributed by atoms with van der Waals surface area (Å²) in [6.07, 6.45) is 0. The Morgan fingerprint density at radius 2 is 0.929 bits per heavy atom. The Morgan fingerprint density at radius 1 is 0.464 bits per heavy atom. The zero-order valence-electron chi connectivity index (χ0n) is 15.2. The van der Waals surface area contributed by atoms with Gasteiger partial charge in [-0.1, -0.05) is 107 Å². The molecule has 0 fully saturated rings. The van der Waals surface area contributed by atoms with Crippen molar-refractivity contribution < 1.29 is 0 Å². The third-order valence-corrected chi connectivity index (χ3v) is 8.53. The first-order valence-electron chi connectivity index (χ1n) is 9.32. The van der Waals surface area contributed by atoms with Gasteiger partial charge >= 0.3 is 0 Å². The fourth-order valence-corrected chi connectivity index (χ4v) is 6.87. The van der Waals surface area contributed by atoms with Gasteiger partial charge < -0.3 is 0 Å². The van der Waals surface area contributed by atoms with Gasteiger partial charge in [0, 0.05) is 4.47 Å². The van der Waals surface area contributed by atoms with E-state index in [4.69, 9.17) is 0 Å². The molecule has 2 heteroatoms. The van der Waals surface area contributed by atoms with Crippen LogP contribution in [0.2, 0.25) is 0 Å². The molecule has 0 spiro atoms. The number of hydrogen-bond acceptors (Lipinski definition) is 0. The lowest BCUT2D eigenvalue weighted by Gasteiger charge is -2.21. The Bertz CT molecular complexity index is 1210. The third-order valence-electron chi connectivity index (χ3n) is 5.08. The van der Waals surface area contributed by atoms with Gasteiger partial charge in [0.15, 0.2) is 0 Å². The molecule has 0 aliphatic rings. The first-order valence-corrected chi connectivity index (χ1v) is 11.5. The van der Waals surface area contributed by atoms with Crippen molar-refractivity contribution in [2.45, 2.75) is 0 Å². The van der Waals surface area contributed by atoms with Gasteiger partial charge in [-0.3, -0.25) is 0 Å². The molecule has 0 aliphatic heterocycles. The van der Waals surface area contributed by atoms with Crippen LogP contribution in [0.3, 0.4) is 0 Å². The summed E-state index contributed by atoms with van der Waals surface area (Å²) in [7, 11) is -0.660. The highest BCUT2D eigenvalue weighted by atomic mass is 79.9. The van der Waals surface area contributed by atoms with Crippen LogP contribution in [0.25, 0.3) is 21.5 Å². The van der Waals surface area contributed by atoms with Crippen LogP contribution in [0.5, 0.6) is 0 Å². The summed E-state index contributed by atoms with van der Waals surface area (Å²) in [6, 6.07) is 39.6. The second-order valence-corrected chi connectivity index (χ2v) is 9.89. The number of fused-ring (bicyclic) bond motifs is 2. The van der Waals surface area contributed by atoms with Crippen LogP contribution in [-0.4, -0.2) is 0 Å². The standard InChI is InChI=1S/C26H18BrP/c27-25-11-5-6-12-26(25)28(23-15-13-19-7-1-3-9-21(19)17-23)24-16-14-20-8-2-4-10-22(20)18-24/h1-18H. The molecule has 5 aromatic carbocycles. The average molecular weight is 441 g/mol. The van der Waals surface area contributed by atoms with Crippen LogP contribution in [0.15, 0.2) is 114 Å². The molecule has 0 nitrogen and oxygen atoms in total. The Balaban J connectivity index is 1.75. The molecule has 0 radical (unpaired) electrons. The minimum Gasteiger partial charge on any atom is -0.0616 e. The van der Waals surface area contributed by atoms with Gasteiger partial charge in [0.2, 0.25) is 0 Å². The average Bonchev–Trinajstić information content (AvgIpc) is 2.75. The maximum absolute atomic E-state index is 3.81. The van der Waals surface area contributed by atoms with Crippen LogP contribution < -0.4 is 15.9 Å². The summed E-state index contributed by atoms with van der Waals surface area (Å²) in [4.78, 5) is 0. The third kappa shape index (κ3) is 3.26. The first-order chi connectivity index (χ1) is 13.8. The van der Waals surface area contributed by atoms with E-state index in [1.165, 1.54) is 41.9 Å². The van der Waals surface area contributed by atoms with Crippen molar-refractivity contribution in [3.8, 4) is 0 Å². The Hall–Kier alpha value is -2.47. The molecule has 0 unspecified atom stereocenters. The van der Waals surface area contributed by atoms with Crippen molar-refractivity contribution >= 4 is 61.3 Å². The van der Waals surface area contributed by atoms with Gasteiger partial charge in [0.25, 0.3) is 0 Å². The van der Waals surface area contributed by atoms with Crippen molar-refractivity contribution in [3.05, 3.63) is 114 Å². The molecule has 0 bridgehead atoms. The second kappa shape index (κ2) is 7.51. The molecule has 0 aromatic heterocycles.